The van der Waals surface area contributed by atoms with Gasteiger partial charge in [0.2, 0.25) is 0 Å². The molecule has 122 valence electrons. The van der Waals surface area contributed by atoms with Crippen molar-refractivity contribution in [3.8, 4) is 11.5 Å². The highest BCUT2D eigenvalue weighted by molar-refractivity contribution is 5.51. The molecule has 0 saturated carbocycles. The first-order valence-electron chi connectivity index (χ1n) is 7.61. The van der Waals surface area contributed by atoms with Crippen molar-refractivity contribution in [2.24, 2.45) is 0 Å². The van der Waals surface area contributed by atoms with Gasteiger partial charge in [-0.2, -0.15) is 0 Å². The van der Waals surface area contributed by atoms with Gasteiger partial charge in [0.15, 0.2) is 0 Å². The van der Waals surface area contributed by atoms with Crippen molar-refractivity contribution in [2.45, 2.75) is 19.2 Å². The number of β-amino-alcohol motifs (C(OH)–C–C–N with tert-alkyl or cyclic N) is 1. The van der Waals surface area contributed by atoms with Crippen LogP contribution in [0.1, 0.15) is 22.8 Å². The second-order valence-corrected chi connectivity index (χ2v) is 5.79. The molecule has 0 spiro atoms. The number of aliphatic hydroxyl groups is 1. The highest BCUT2D eigenvalue weighted by Gasteiger charge is 2.29. The first-order valence-corrected chi connectivity index (χ1v) is 7.61. The van der Waals surface area contributed by atoms with E-state index in [0.29, 0.717) is 18.8 Å². The summed E-state index contributed by atoms with van der Waals surface area (Å²) in [6.07, 6.45) is -0.607. The molecule has 5 nitrogen and oxygen atoms in total. The highest BCUT2D eigenvalue weighted by atomic mass is 16.5. The molecule has 1 heterocycles. The Morgan fingerprint density at radius 3 is 2.61 bits per heavy atom. The number of ether oxygens (including phenoxy) is 2. The summed E-state index contributed by atoms with van der Waals surface area (Å²) in [4.78, 5) is 2.18. The molecule has 0 radical (unpaired) electrons. The van der Waals surface area contributed by atoms with Gasteiger partial charge in [0.1, 0.15) is 11.5 Å². The maximum absolute atomic E-state index is 10.6. The maximum atomic E-state index is 10.6. The van der Waals surface area contributed by atoms with Crippen molar-refractivity contribution in [1.29, 1.82) is 0 Å². The number of hydrogen-bond acceptors (Lipinski definition) is 5. The minimum absolute atomic E-state index is 0.547. The summed E-state index contributed by atoms with van der Waals surface area (Å²) in [5, 5.41) is 10.6. The molecule has 0 aliphatic carbocycles. The number of methoxy groups -OCH3 is 2. The lowest BCUT2D eigenvalue weighted by atomic mass is 9.95. The number of nitrogens with two attached hydrogens (primary N) is 1. The van der Waals surface area contributed by atoms with Gasteiger partial charge in [0.25, 0.3) is 0 Å². The molecule has 3 rings (SSSR count). The van der Waals surface area contributed by atoms with E-state index in [1.807, 2.05) is 36.4 Å². The first-order chi connectivity index (χ1) is 11.1. The average molecular weight is 314 g/mol. The van der Waals surface area contributed by atoms with Crippen LogP contribution in [0.2, 0.25) is 0 Å². The predicted octanol–water partition coefficient (Wildman–Crippen LogP) is 2.34. The van der Waals surface area contributed by atoms with Gasteiger partial charge >= 0.3 is 0 Å². The molecule has 0 saturated heterocycles. The van der Waals surface area contributed by atoms with E-state index in [4.69, 9.17) is 15.2 Å². The fraction of sp³-hybridized carbons (Fsp3) is 0.333. The molecule has 0 amide bonds. The van der Waals surface area contributed by atoms with E-state index in [2.05, 4.69) is 4.90 Å². The van der Waals surface area contributed by atoms with E-state index < -0.39 is 6.10 Å². The van der Waals surface area contributed by atoms with Crippen molar-refractivity contribution < 1.29 is 14.6 Å². The van der Waals surface area contributed by atoms with Gasteiger partial charge < -0.3 is 20.3 Å². The molecule has 2 aromatic carbocycles. The Morgan fingerprint density at radius 1 is 1.17 bits per heavy atom. The van der Waals surface area contributed by atoms with Gasteiger partial charge in [0.05, 0.1) is 20.3 Å². The molecular weight excluding hydrogens is 292 g/mol. The quantitative estimate of drug-likeness (QED) is 0.848. The summed E-state index contributed by atoms with van der Waals surface area (Å²) < 4.78 is 10.9. The van der Waals surface area contributed by atoms with E-state index in [9.17, 15) is 5.11 Å². The van der Waals surface area contributed by atoms with Crippen LogP contribution in [0.3, 0.4) is 0 Å². The van der Waals surface area contributed by atoms with Crippen LogP contribution in [0.25, 0.3) is 0 Å². The van der Waals surface area contributed by atoms with Crippen molar-refractivity contribution in [1.82, 2.24) is 4.90 Å². The zero-order valence-electron chi connectivity index (χ0n) is 13.5. The fourth-order valence-corrected chi connectivity index (χ4v) is 3.21. The summed E-state index contributed by atoms with van der Waals surface area (Å²) in [6, 6.07) is 11.6. The Hall–Kier alpha value is -2.24. The van der Waals surface area contributed by atoms with Crippen molar-refractivity contribution in [2.75, 3.05) is 26.5 Å². The molecule has 1 unspecified atom stereocenters. The van der Waals surface area contributed by atoms with E-state index in [0.717, 1.165) is 34.7 Å². The van der Waals surface area contributed by atoms with Crippen molar-refractivity contribution in [3.05, 3.63) is 53.1 Å². The number of nitrogen functional groups attached to an aromatic ring is 1. The number of anilines is 1. The predicted molar refractivity (Wildman–Crippen MR) is 89.5 cm³/mol. The third-order valence-electron chi connectivity index (χ3n) is 4.22. The summed E-state index contributed by atoms with van der Waals surface area (Å²) >= 11 is 0. The molecule has 5 heteroatoms. The van der Waals surface area contributed by atoms with E-state index in [1.54, 1.807) is 14.2 Å². The molecule has 0 bridgehead atoms. The van der Waals surface area contributed by atoms with E-state index in [1.165, 1.54) is 0 Å². The van der Waals surface area contributed by atoms with E-state index >= 15 is 0 Å². The Morgan fingerprint density at radius 2 is 1.91 bits per heavy atom. The minimum Gasteiger partial charge on any atom is -0.496 e. The summed E-state index contributed by atoms with van der Waals surface area (Å²) in [5.74, 6) is 1.48. The van der Waals surface area contributed by atoms with Gasteiger partial charge in [0, 0.05) is 36.4 Å². The number of benzene rings is 2. The Balaban J connectivity index is 1.90. The summed E-state index contributed by atoms with van der Waals surface area (Å²) in [5.41, 5.74) is 9.53. The molecule has 0 fully saturated rings. The smallest absolute Gasteiger partial charge is 0.125 e. The Bertz CT molecular complexity index is 703. The third-order valence-corrected chi connectivity index (χ3v) is 4.22. The normalized spacial score (nSPS) is 17.6. The summed E-state index contributed by atoms with van der Waals surface area (Å²) in [7, 11) is 3.26. The second kappa shape index (κ2) is 6.48. The van der Waals surface area contributed by atoms with Crippen LogP contribution in [0.5, 0.6) is 11.5 Å². The third kappa shape index (κ3) is 3.11. The minimum atomic E-state index is -0.607. The fourth-order valence-electron chi connectivity index (χ4n) is 3.21. The topological polar surface area (TPSA) is 68.0 Å². The maximum Gasteiger partial charge on any atom is 0.125 e. The Labute approximate surface area is 136 Å². The number of aliphatic hydroxyl groups excluding tert-OH is 1. The van der Waals surface area contributed by atoms with Crippen LogP contribution < -0.4 is 15.2 Å². The standard InChI is InChI=1S/C18H22N2O3/c1-22-16-6-7-17(23-2)18-14(16)10-20(11-15(18)21)9-12-4-3-5-13(19)8-12/h3-8,15,21H,9-11,19H2,1-2H3. The molecule has 2 aromatic rings. The lowest BCUT2D eigenvalue weighted by Crippen LogP contribution is -2.33. The van der Waals surface area contributed by atoms with Crippen LogP contribution in [-0.4, -0.2) is 30.8 Å². The molecular formula is C18H22N2O3. The zero-order chi connectivity index (χ0) is 16.4. The largest absolute Gasteiger partial charge is 0.496 e. The summed E-state index contributed by atoms with van der Waals surface area (Å²) in [6.45, 7) is 1.97. The number of hydrogen-bond donors (Lipinski definition) is 2. The lowest BCUT2D eigenvalue weighted by molar-refractivity contribution is 0.0843. The second-order valence-electron chi connectivity index (χ2n) is 5.79. The molecule has 1 aliphatic rings. The number of fused-ring (bicyclic) bond motifs is 1. The van der Waals surface area contributed by atoms with Crippen LogP contribution in [-0.2, 0) is 13.1 Å². The van der Waals surface area contributed by atoms with E-state index in [-0.39, 0.29) is 0 Å². The number of nitrogens with zero attached hydrogens (tertiary/aromatic N) is 1. The average Bonchev–Trinajstić information content (AvgIpc) is 2.53. The molecule has 3 N–H and O–H groups in total. The highest BCUT2D eigenvalue weighted by Crippen LogP contribution is 2.39. The zero-order valence-corrected chi connectivity index (χ0v) is 13.5. The SMILES string of the molecule is COc1ccc(OC)c2c1CN(Cc1cccc(N)c1)CC2O. The van der Waals surface area contributed by atoms with Crippen LogP contribution in [0.15, 0.2) is 36.4 Å². The first kappa shape index (κ1) is 15.6. The lowest BCUT2D eigenvalue weighted by Gasteiger charge is -2.34. The Kier molecular flexibility index (Phi) is 4.41. The van der Waals surface area contributed by atoms with Crippen molar-refractivity contribution in [3.63, 3.8) is 0 Å². The van der Waals surface area contributed by atoms with Gasteiger partial charge in [-0.1, -0.05) is 12.1 Å². The molecule has 23 heavy (non-hydrogen) atoms. The van der Waals surface area contributed by atoms with Crippen LogP contribution in [0.4, 0.5) is 5.69 Å². The molecule has 1 aliphatic heterocycles. The number of rotatable bonds is 4. The van der Waals surface area contributed by atoms with Gasteiger partial charge in [-0.3, -0.25) is 4.90 Å². The van der Waals surface area contributed by atoms with Gasteiger partial charge in [-0.15, -0.1) is 0 Å². The van der Waals surface area contributed by atoms with Gasteiger partial charge in [-0.05, 0) is 29.8 Å². The van der Waals surface area contributed by atoms with Crippen LogP contribution in [0, 0.1) is 0 Å². The molecule has 0 aromatic heterocycles. The van der Waals surface area contributed by atoms with Crippen LogP contribution >= 0.6 is 0 Å². The monoisotopic (exact) mass is 314 g/mol. The molecule has 1 atom stereocenters. The van der Waals surface area contributed by atoms with Gasteiger partial charge in [-0.25, -0.2) is 0 Å². The van der Waals surface area contributed by atoms with Crippen molar-refractivity contribution >= 4 is 5.69 Å².